The molecule has 0 radical (unpaired) electrons. The van der Waals surface area contributed by atoms with Gasteiger partial charge in [0, 0.05) is 30.2 Å². The fraction of sp³-hybridized carbons (Fsp3) is 0.263. The predicted molar refractivity (Wildman–Crippen MR) is 106 cm³/mol. The summed E-state index contributed by atoms with van der Waals surface area (Å²) in [5.41, 5.74) is 0.806. The van der Waals surface area contributed by atoms with Gasteiger partial charge in [-0.1, -0.05) is 23.2 Å². The number of pyridine rings is 1. The summed E-state index contributed by atoms with van der Waals surface area (Å²) in [6, 6.07) is 10.1. The standard InChI is InChI=1S/C19H17Cl2N5O2/c20-14-4-6-15(7-5-14)26-19(28)23-17(24-26)13-2-1-9-25(11-13)18(27)12-3-8-16(21)22-10-12/h3-8,10,13H,1-2,9,11H2,(H,23,24,28). The molecule has 0 spiro atoms. The highest BCUT2D eigenvalue weighted by atomic mass is 35.5. The van der Waals surface area contributed by atoms with Crippen LogP contribution >= 0.6 is 23.2 Å². The van der Waals surface area contributed by atoms with Gasteiger partial charge in [0.25, 0.3) is 5.91 Å². The van der Waals surface area contributed by atoms with Gasteiger partial charge in [-0.2, -0.15) is 4.68 Å². The van der Waals surface area contributed by atoms with Crippen LogP contribution in [0.25, 0.3) is 5.69 Å². The number of halogens is 2. The number of piperidine rings is 1. The predicted octanol–water partition coefficient (Wildman–Crippen LogP) is 3.28. The van der Waals surface area contributed by atoms with Crippen molar-refractivity contribution in [1.29, 1.82) is 0 Å². The Balaban J connectivity index is 1.54. The molecule has 7 nitrogen and oxygen atoms in total. The molecular formula is C19H17Cl2N5O2. The quantitative estimate of drug-likeness (QED) is 0.662. The van der Waals surface area contributed by atoms with Crippen LogP contribution in [0.2, 0.25) is 10.2 Å². The van der Waals surface area contributed by atoms with Gasteiger partial charge in [-0.05, 0) is 49.2 Å². The second-order valence-corrected chi connectivity index (χ2v) is 7.49. The van der Waals surface area contributed by atoms with Crippen LogP contribution in [-0.4, -0.2) is 43.6 Å². The Hall–Kier alpha value is -2.64. The van der Waals surface area contributed by atoms with E-state index in [1.807, 2.05) is 0 Å². The van der Waals surface area contributed by atoms with Gasteiger partial charge in [0.15, 0.2) is 0 Å². The Labute approximate surface area is 170 Å². The highest BCUT2D eigenvalue weighted by Crippen LogP contribution is 2.25. The van der Waals surface area contributed by atoms with Gasteiger partial charge in [0.05, 0.1) is 11.3 Å². The van der Waals surface area contributed by atoms with E-state index in [1.165, 1.54) is 10.9 Å². The van der Waals surface area contributed by atoms with E-state index in [-0.39, 0.29) is 17.5 Å². The first-order valence-corrected chi connectivity index (χ1v) is 9.63. The Morgan fingerprint density at radius 1 is 1.14 bits per heavy atom. The molecule has 0 saturated carbocycles. The molecule has 1 unspecified atom stereocenters. The van der Waals surface area contributed by atoms with Crippen molar-refractivity contribution in [2.75, 3.05) is 13.1 Å². The van der Waals surface area contributed by atoms with Crippen LogP contribution in [0.4, 0.5) is 0 Å². The Bertz CT molecular complexity index is 1040. The Morgan fingerprint density at radius 3 is 2.64 bits per heavy atom. The van der Waals surface area contributed by atoms with E-state index in [4.69, 9.17) is 23.2 Å². The van der Waals surface area contributed by atoms with E-state index >= 15 is 0 Å². The number of amides is 1. The van der Waals surface area contributed by atoms with Crippen molar-refractivity contribution in [3.8, 4) is 5.69 Å². The third-order valence-electron chi connectivity index (χ3n) is 4.78. The van der Waals surface area contributed by atoms with Crippen molar-refractivity contribution >= 4 is 29.1 Å². The van der Waals surface area contributed by atoms with E-state index in [2.05, 4.69) is 15.1 Å². The maximum Gasteiger partial charge on any atom is 0.348 e. The molecule has 1 fully saturated rings. The highest BCUT2D eigenvalue weighted by Gasteiger charge is 2.28. The van der Waals surface area contributed by atoms with Gasteiger partial charge in [0.1, 0.15) is 11.0 Å². The van der Waals surface area contributed by atoms with Crippen molar-refractivity contribution < 1.29 is 4.79 Å². The maximum absolute atomic E-state index is 12.7. The van der Waals surface area contributed by atoms with Crippen molar-refractivity contribution in [2.24, 2.45) is 0 Å². The number of likely N-dealkylation sites (tertiary alicyclic amines) is 1. The molecule has 28 heavy (non-hydrogen) atoms. The Morgan fingerprint density at radius 2 is 1.93 bits per heavy atom. The number of aromatic nitrogens is 4. The molecule has 1 amide bonds. The van der Waals surface area contributed by atoms with E-state index in [1.54, 1.807) is 41.3 Å². The number of nitrogens with one attached hydrogen (secondary N) is 1. The minimum absolute atomic E-state index is 0.0424. The van der Waals surface area contributed by atoms with Crippen LogP contribution < -0.4 is 5.69 Å². The molecule has 0 aliphatic carbocycles. The van der Waals surface area contributed by atoms with Crippen LogP contribution in [0.3, 0.4) is 0 Å². The van der Waals surface area contributed by atoms with Crippen molar-refractivity contribution in [2.45, 2.75) is 18.8 Å². The minimum Gasteiger partial charge on any atom is -0.338 e. The second kappa shape index (κ2) is 7.77. The van der Waals surface area contributed by atoms with Crippen LogP contribution in [-0.2, 0) is 0 Å². The molecule has 1 saturated heterocycles. The lowest BCUT2D eigenvalue weighted by molar-refractivity contribution is 0.0704. The molecule has 144 valence electrons. The molecule has 2 aromatic heterocycles. The lowest BCUT2D eigenvalue weighted by Gasteiger charge is -2.31. The Kier molecular flexibility index (Phi) is 5.19. The third-order valence-corrected chi connectivity index (χ3v) is 5.25. The normalized spacial score (nSPS) is 16.9. The smallest absolute Gasteiger partial charge is 0.338 e. The average molecular weight is 418 g/mol. The fourth-order valence-electron chi connectivity index (χ4n) is 3.35. The van der Waals surface area contributed by atoms with Gasteiger partial charge >= 0.3 is 5.69 Å². The molecule has 1 atom stereocenters. The first-order valence-electron chi connectivity index (χ1n) is 8.87. The number of aromatic amines is 1. The largest absolute Gasteiger partial charge is 0.348 e. The summed E-state index contributed by atoms with van der Waals surface area (Å²) in [6.45, 7) is 1.13. The zero-order chi connectivity index (χ0) is 19.7. The molecule has 1 N–H and O–H groups in total. The third kappa shape index (κ3) is 3.81. The molecular weight excluding hydrogens is 401 g/mol. The van der Waals surface area contributed by atoms with E-state index < -0.39 is 0 Å². The van der Waals surface area contributed by atoms with Crippen LogP contribution in [0.1, 0.15) is 34.9 Å². The lowest BCUT2D eigenvalue weighted by Crippen LogP contribution is -2.39. The number of hydrogen-bond acceptors (Lipinski definition) is 4. The van der Waals surface area contributed by atoms with Crippen molar-refractivity contribution in [3.05, 3.63) is 74.6 Å². The monoisotopic (exact) mass is 417 g/mol. The zero-order valence-corrected chi connectivity index (χ0v) is 16.3. The number of carbonyl (C=O) groups excluding carboxylic acids is 1. The summed E-state index contributed by atoms with van der Waals surface area (Å²) < 4.78 is 1.32. The molecule has 1 aliphatic heterocycles. The number of carbonyl (C=O) groups is 1. The number of hydrogen-bond donors (Lipinski definition) is 1. The molecule has 1 aromatic carbocycles. The van der Waals surface area contributed by atoms with Gasteiger partial charge in [-0.15, -0.1) is 5.10 Å². The average Bonchev–Trinajstić information content (AvgIpc) is 3.10. The summed E-state index contributed by atoms with van der Waals surface area (Å²) in [5.74, 6) is 0.430. The molecule has 0 bridgehead atoms. The van der Waals surface area contributed by atoms with Crippen molar-refractivity contribution in [1.82, 2.24) is 24.6 Å². The van der Waals surface area contributed by atoms with Gasteiger partial charge in [0.2, 0.25) is 0 Å². The summed E-state index contributed by atoms with van der Waals surface area (Å²) in [4.78, 5) is 33.7. The SMILES string of the molecule is O=C(c1ccc(Cl)nc1)N1CCCC(c2nn(-c3ccc(Cl)cc3)c(=O)[nH]2)C1. The molecule has 3 aromatic rings. The zero-order valence-electron chi connectivity index (χ0n) is 14.8. The fourth-order valence-corrected chi connectivity index (χ4v) is 3.59. The van der Waals surface area contributed by atoms with Gasteiger partial charge in [-0.25, -0.2) is 9.78 Å². The topological polar surface area (TPSA) is 83.9 Å². The summed E-state index contributed by atoms with van der Waals surface area (Å²) in [7, 11) is 0. The number of rotatable bonds is 3. The number of benzene rings is 1. The van der Waals surface area contributed by atoms with Crippen molar-refractivity contribution in [3.63, 3.8) is 0 Å². The van der Waals surface area contributed by atoms with E-state index in [9.17, 15) is 9.59 Å². The van der Waals surface area contributed by atoms with Crippen LogP contribution in [0.5, 0.6) is 0 Å². The van der Waals surface area contributed by atoms with E-state index in [0.29, 0.717) is 40.3 Å². The second-order valence-electron chi connectivity index (χ2n) is 6.66. The van der Waals surface area contributed by atoms with E-state index in [0.717, 1.165) is 12.8 Å². The molecule has 3 heterocycles. The maximum atomic E-state index is 12.7. The molecule has 9 heteroatoms. The van der Waals surface area contributed by atoms with Gasteiger partial charge in [-0.3, -0.25) is 9.78 Å². The molecule has 4 rings (SSSR count). The molecule has 1 aliphatic rings. The first kappa shape index (κ1) is 18.7. The summed E-state index contributed by atoms with van der Waals surface area (Å²) in [5, 5.41) is 5.38. The number of H-pyrrole nitrogens is 1. The van der Waals surface area contributed by atoms with Crippen LogP contribution in [0, 0.1) is 0 Å². The van der Waals surface area contributed by atoms with Gasteiger partial charge < -0.3 is 4.90 Å². The highest BCUT2D eigenvalue weighted by molar-refractivity contribution is 6.30. The number of nitrogens with zero attached hydrogens (tertiary/aromatic N) is 4. The summed E-state index contributed by atoms with van der Waals surface area (Å²) in [6.07, 6.45) is 3.15. The summed E-state index contributed by atoms with van der Waals surface area (Å²) >= 11 is 11.7. The lowest BCUT2D eigenvalue weighted by atomic mass is 9.97. The minimum atomic E-state index is -0.317. The van der Waals surface area contributed by atoms with Crippen LogP contribution in [0.15, 0.2) is 47.4 Å². The first-order chi connectivity index (χ1) is 13.5.